The lowest BCUT2D eigenvalue weighted by molar-refractivity contribution is 0.0983. The fourth-order valence-corrected chi connectivity index (χ4v) is 3.55. The van der Waals surface area contributed by atoms with Gasteiger partial charge in [0.05, 0.1) is 0 Å². The minimum Gasteiger partial charge on any atom is -0.294 e. The zero-order chi connectivity index (χ0) is 19.3. The Morgan fingerprint density at radius 2 is 0.929 bits per heavy atom. The molecule has 0 fully saturated rings. The fraction of sp³-hybridized carbons (Fsp3) is 0.154. The Hall–Kier alpha value is -3.26. The molecule has 4 aliphatic carbocycles. The van der Waals surface area contributed by atoms with Crippen LogP contribution in [0.15, 0.2) is 84.9 Å². The van der Waals surface area contributed by atoms with Crippen molar-refractivity contribution in [3.63, 3.8) is 0 Å². The molecule has 0 heterocycles. The molecule has 3 aromatic rings. The standard InChI is InChI=1S/C26H22O2/c27-25-6-1-2-7-26(28)24-14-10-20(11-15-24)17-22-5-3-4-21(18-22)16-19-8-12-23(25)13-9-19/h1-5,8-15,18H,6-7,16-17H2/b2-1+. The summed E-state index contributed by atoms with van der Waals surface area (Å²) in [7, 11) is 0. The van der Waals surface area contributed by atoms with Crippen LogP contribution >= 0.6 is 0 Å². The maximum absolute atomic E-state index is 12.3. The van der Waals surface area contributed by atoms with E-state index in [1.54, 1.807) is 12.2 Å². The minimum absolute atomic E-state index is 0.0690. The second-order valence-corrected chi connectivity index (χ2v) is 7.29. The number of benzene rings is 3. The Labute approximate surface area is 165 Å². The van der Waals surface area contributed by atoms with Gasteiger partial charge in [-0.3, -0.25) is 9.59 Å². The number of rotatable bonds is 0. The summed E-state index contributed by atoms with van der Waals surface area (Å²) in [5.74, 6) is 0.138. The number of allylic oxidation sites excluding steroid dienone is 2. The summed E-state index contributed by atoms with van der Waals surface area (Å²) < 4.78 is 0. The van der Waals surface area contributed by atoms with Gasteiger partial charge in [0.1, 0.15) is 0 Å². The highest BCUT2D eigenvalue weighted by molar-refractivity contribution is 5.98. The normalized spacial score (nSPS) is 15.7. The number of hydrogen-bond acceptors (Lipinski definition) is 2. The molecule has 0 aliphatic heterocycles. The number of carbonyl (C=O) groups is 2. The maximum Gasteiger partial charge on any atom is 0.166 e. The molecular formula is C26H22O2. The van der Waals surface area contributed by atoms with Crippen LogP contribution in [0.3, 0.4) is 0 Å². The van der Waals surface area contributed by atoms with Gasteiger partial charge >= 0.3 is 0 Å². The van der Waals surface area contributed by atoms with Gasteiger partial charge in [0.2, 0.25) is 0 Å². The summed E-state index contributed by atoms with van der Waals surface area (Å²) >= 11 is 0. The van der Waals surface area contributed by atoms with Crippen molar-refractivity contribution in [3.05, 3.63) is 118 Å². The van der Waals surface area contributed by atoms with Crippen LogP contribution in [0.4, 0.5) is 0 Å². The summed E-state index contributed by atoms with van der Waals surface area (Å²) in [6.45, 7) is 0. The van der Waals surface area contributed by atoms with E-state index in [0.29, 0.717) is 24.0 Å². The average molecular weight is 366 g/mol. The molecule has 7 rings (SSSR count). The number of Topliss-reactive ketones (excluding diaryl/α,β-unsaturated/α-hetero) is 2. The highest BCUT2D eigenvalue weighted by atomic mass is 16.1. The van der Waals surface area contributed by atoms with Crippen molar-refractivity contribution in [2.75, 3.05) is 0 Å². The van der Waals surface area contributed by atoms with E-state index < -0.39 is 0 Å². The van der Waals surface area contributed by atoms with E-state index in [2.05, 4.69) is 24.3 Å². The van der Waals surface area contributed by atoms with Crippen LogP contribution in [-0.2, 0) is 12.8 Å². The molecule has 0 saturated heterocycles. The average Bonchev–Trinajstić information content (AvgIpc) is 2.72. The molecule has 0 N–H and O–H groups in total. The van der Waals surface area contributed by atoms with Crippen molar-refractivity contribution in [1.29, 1.82) is 0 Å². The molecule has 0 saturated carbocycles. The predicted molar refractivity (Wildman–Crippen MR) is 112 cm³/mol. The molecule has 0 aromatic heterocycles. The second kappa shape index (κ2) is 8.18. The first-order valence-corrected chi connectivity index (χ1v) is 9.64. The third kappa shape index (κ3) is 4.34. The van der Waals surface area contributed by atoms with Gasteiger partial charge in [-0.25, -0.2) is 0 Å². The highest BCUT2D eigenvalue weighted by Gasteiger charge is 2.07. The Bertz CT molecular complexity index is 944. The fourth-order valence-electron chi connectivity index (χ4n) is 3.55. The van der Waals surface area contributed by atoms with Crippen LogP contribution in [0, 0.1) is 0 Å². The predicted octanol–water partition coefficient (Wildman–Crippen LogP) is 5.58. The molecule has 0 atom stereocenters. The van der Waals surface area contributed by atoms with Gasteiger partial charge in [-0.1, -0.05) is 84.9 Å². The van der Waals surface area contributed by atoms with Gasteiger partial charge in [0.15, 0.2) is 11.6 Å². The molecule has 6 bridgehead atoms. The van der Waals surface area contributed by atoms with Crippen molar-refractivity contribution in [3.8, 4) is 0 Å². The largest absolute Gasteiger partial charge is 0.294 e. The van der Waals surface area contributed by atoms with Crippen LogP contribution in [0.1, 0.15) is 55.8 Å². The zero-order valence-corrected chi connectivity index (χ0v) is 15.7. The summed E-state index contributed by atoms with van der Waals surface area (Å²) in [6, 6.07) is 24.3. The summed E-state index contributed by atoms with van der Waals surface area (Å²) in [5, 5.41) is 0. The monoisotopic (exact) mass is 366 g/mol. The van der Waals surface area contributed by atoms with E-state index >= 15 is 0 Å². The van der Waals surface area contributed by atoms with E-state index in [4.69, 9.17) is 0 Å². The smallest absolute Gasteiger partial charge is 0.166 e. The maximum atomic E-state index is 12.3. The van der Waals surface area contributed by atoms with Gasteiger partial charge in [-0.15, -0.1) is 0 Å². The molecule has 2 nitrogen and oxygen atoms in total. The molecule has 0 spiro atoms. The third-order valence-electron chi connectivity index (χ3n) is 5.13. The van der Waals surface area contributed by atoms with E-state index in [9.17, 15) is 9.59 Å². The Balaban J connectivity index is 1.67. The first-order valence-electron chi connectivity index (χ1n) is 9.64. The Morgan fingerprint density at radius 1 is 0.500 bits per heavy atom. The van der Waals surface area contributed by atoms with Crippen LogP contribution < -0.4 is 0 Å². The number of ketones is 2. The van der Waals surface area contributed by atoms with Crippen LogP contribution in [0.25, 0.3) is 0 Å². The number of carbonyl (C=O) groups excluding carboxylic acids is 2. The Morgan fingerprint density at radius 3 is 1.36 bits per heavy atom. The summed E-state index contributed by atoms with van der Waals surface area (Å²) in [6.07, 6.45) is 5.90. The zero-order valence-electron chi connectivity index (χ0n) is 15.7. The minimum atomic E-state index is 0.0690. The summed E-state index contributed by atoms with van der Waals surface area (Å²) in [5.41, 5.74) is 6.31. The van der Waals surface area contributed by atoms with Crippen molar-refractivity contribution in [2.45, 2.75) is 25.7 Å². The van der Waals surface area contributed by atoms with Gasteiger partial charge in [-0.05, 0) is 35.1 Å². The molecular weight excluding hydrogens is 344 g/mol. The topological polar surface area (TPSA) is 34.1 Å². The van der Waals surface area contributed by atoms with Gasteiger partial charge in [0.25, 0.3) is 0 Å². The molecule has 138 valence electrons. The molecule has 28 heavy (non-hydrogen) atoms. The van der Waals surface area contributed by atoms with Crippen molar-refractivity contribution < 1.29 is 9.59 Å². The lowest BCUT2D eigenvalue weighted by Gasteiger charge is -2.07. The van der Waals surface area contributed by atoms with Crippen molar-refractivity contribution in [2.24, 2.45) is 0 Å². The van der Waals surface area contributed by atoms with Gasteiger partial charge in [0, 0.05) is 24.0 Å². The van der Waals surface area contributed by atoms with E-state index in [0.717, 1.165) is 12.8 Å². The summed E-state index contributed by atoms with van der Waals surface area (Å²) in [4.78, 5) is 24.7. The lowest BCUT2D eigenvalue weighted by Crippen LogP contribution is -1.99. The molecule has 3 aromatic carbocycles. The second-order valence-electron chi connectivity index (χ2n) is 7.29. The van der Waals surface area contributed by atoms with E-state index in [1.807, 2.05) is 48.5 Å². The van der Waals surface area contributed by atoms with Crippen LogP contribution in [0.2, 0.25) is 0 Å². The molecule has 0 radical (unpaired) electrons. The lowest BCUT2D eigenvalue weighted by atomic mass is 9.97. The highest BCUT2D eigenvalue weighted by Crippen LogP contribution is 2.17. The van der Waals surface area contributed by atoms with Crippen LogP contribution in [-0.4, -0.2) is 11.6 Å². The molecule has 0 amide bonds. The molecule has 4 aliphatic rings. The first-order chi connectivity index (χ1) is 13.7. The van der Waals surface area contributed by atoms with Crippen LogP contribution in [0.5, 0.6) is 0 Å². The van der Waals surface area contributed by atoms with Gasteiger partial charge in [-0.2, -0.15) is 0 Å². The first kappa shape index (κ1) is 18.1. The SMILES string of the molecule is O=C1C/C=C/CC(=O)c2ccc(cc2)Cc2cccc(c2)Cc2ccc1cc2. The molecule has 2 heteroatoms. The van der Waals surface area contributed by atoms with Crippen molar-refractivity contribution in [1.82, 2.24) is 0 Å². The number of hydrogen-bond donors (Lipinski definition) is 0. The third-order valence-corrected chi connectivity index (χ3v) is 5.13. The van der Waals surface area contributed by atoms with E-state index in [-0.39, 0.29) is 11.6 Å². The Kier molecular flexibility index (Phi) is 5.29. The van der Waals surface area contributed by atoms with E-state index in [1.165, 1.54) is 22.3 Å². The quantitative estimate of drug-likeness (QED) is 0.487. The van der Waals surface area contributed by atoms with Crippen molar-refractivity contribution >= 4 is 11.6 Å². The molecule has 0 unspecified atom stereocenters. The van der Waals surface area contributed by atoms with Gasteiger partial charge < -0.3 is 0 Å².